The van der Waals surface area contributed by atoms with E-state index in [-0.39, 0.29) is 11.9 Å². The monoisotopic (exact) mass is 637 g/mol. The van der Waals surface area contributed by atoms with Crippen molar-refractivity contribution in [2.45, 2.75) is 24.9 Å². The second-order valence-corrected chi connectivity index (χ2v) is 12.5. The molecule has 5 aromatic carbocycles. The van der Waals surface area contributed by atoms with Gasteiger partial charge in [-0.2, -0.15) is 0 Å². The molecule has 8 aromatic rings. The number of rotatable bonds is 9. The Labute approximate surface area is 285 Å². The van der Waals surface area contributed by atoms with Crippen LogP contribution in [0.2, 0.25) is 0 Å². The molecule has 1 atom stereocenters. The average molecular weight is 638 g/mol. The molecule has 8 rings (SSSR count). The number of carbonyl (C=O) groups is 1. The highest BCUT2D eigenvalue weighted by molar-refractivity contribution is 6.05. The van der Waals surface area contributed by atoms with Crippen molar-refractivity contribution >= 4 is 27.7 Å². The molecular weight excluding hydrogens is 603 g/mol. The molecule has 238 valence electrons. The lowest BCUT2D eigenvalue weighted by atomic mass is 9.69. The van der Waals surface area contributed by atoms with Gasteiger partial charge in [-0.1, -0.05) is 121 Å². The number of benzene rings is 5. The number of nitrogens with zero attached hydrogens (tertiary/aromatic N) is 3. The summed E-state index contributed by atoms with van der Waals surface area (Å²) in [5.41, 5.74) is 8.24. The Kier molecular flexibility index (Phi) is 7.82. The van der Waals surface area contributed by atoms with Crippen molar-refractivity contribution in [3.8, 4) is 11.3 Å². The van der Waals surface area contributed by atoms with Crippen LogP contribution in [0.4, 0.5) is 0 Å². The minimum Gasteiger partial charge on any atom is -0.344 e. The fourth-order valence-corrected chi connectivity index (χ4v) is 7.05. The first-order chi connectivity index (χ1) is 24.1. The Morgan fingerprint density at radius 3 is 1.86 bits per heavy atom. The molecule has 0 fully saturated rings. The van der Waals surface area contributed by atoms with Gasteiger partial charge in [0.15, 0.2) is 0 Å². The Morgan fingerprint density at radius 2 is 1.29 bits per heavy atom. The molecular formula is C43H35N5O. The number of carbonyl (C=O) groups excluding carboxylic acids is 1. The Bertz CT molecular complexity index is 2250. The van der Waals surface area contributed by atoms with Crippen molar-refractivity contribution in [2.24, 2.45) is 0 Å². The van der Waals surface area contributed by atoms with Crippen molar-refractivity contribution in [3.63, 3.8) is 0 Å². The zero-order valence-electron chi connectivity index (χ0n) is 27.1. The van der Waals surface area contributed by atoms with Gasteiger partial charge in [-0.15, -0.1) is 0 Å². The molecule has 3 aromatic heterocycles. The first-order valence-corrected chi connectivity index (χ1v) is 16.6. The minimum atomic E-state index is -0.533. The van der Waals surface area contributed by atoms with Gasteiger partial charge in [-0.25, -0.2) is 4.98 Å². The van der Waals surface area contributed by atoms with E-state index in [1.807, 2.05) is 67.8 Å². The van der Waals surface area contributed by atoms with Gasteiger partial charge in [0.05, 0.1) is 34.7 Å². The van der Waals surface area contributed by atoms with Crippen molar-refractivity contribution in [1.82, 2.24) is 25.1 Å². The number of aromatic amines is 1. The standard InChI is InChI=1S/C43H35N5O/c1-30(31-14-6-2-7-15-31)45-42(49)39-27-33-26-37-40(28-38(33)46-39)48(47-41(37)32-22-24-44-25-23-32)29-43(34-16-8-3-9-17-34,35-18-10-4-11-19-35)36-20-12-5-13-21-36/h2-28,30,47H,29H2,1H3,(H,45,49)/t30-/m1/s1. The lowest BCUT2D eigenvalue weighted by Crippen LogP contribution is -2.35. The summed E-state index contributed by atoms with van der Waals surface area (Å²) in [5.74, 6) is -0.197. The first-order valence-electron chi connectivity index (χ1n) is 16.6. The summed E-state index contributed by atoms with van der Waals surface area (Å²) in [6, 6.07) is 52.1. The van der Waals surface area contributed by atoms with Crippen molar-refractivity contribution < 1.29 is 4.79 Å². The molecule has 0 radical (unpaired) electrons. The molecule has 6 nitrogen and oxygen atoms in total. The molecule has 1 amide bonds. The maximum atomic E-state index is 13.5. The first kappa shape index (κ1) is 30.1. The number of aromatic nitrogens is 4. The summed E-state index contributed by atoms with van der Waals surface area (Å²) in [5, 5.41) is 8.87. The summed E-state index contributed by atoms with van der Waals surface area (Å²) in [4.78, 5) is 22.6. The number of hydrogen-bond donors (Lipinski definition) is 2. The van der Waals surface area contributed by atoms with E-state index in [0.29, 0.717) is 12.2 Å². The molecule has 0 aliphatic carbocycles. The Morgan fingerprint density at radius 1 is 0.735 bits per heavy atom. The normalized spacial score (nSPS) is 12.3. The van der Waals surface area contributed by atoms with Gasteiger partial charge in [0.25, 0.3) is 5.91 Å². The lowest BCUT2D eigenvalue weighted by molar-refractivity contribution is 0.0935. The molecule has 0 aliphatic heterocycles. The highest BCUT2D eigenvalue weighted by Crippen LogP contribution is 2.42. The summed E-state index contributed by atoms with van der Waals surface area (Å²) < 4.78 is 2.24. The second-order valence-electron chi connectivity index (χ2n) is 12.5. The van der Waals surface area contributed by atoms with Crippen LogP contribution in [0.15, 0.2) is 164 Å². The van der Waals surface area contributed by atoms with E-state index in [4.69, 9.17) is 4.98 Å². The van der Waals surface area contributed by atoms with Crippen molar-refractivity contribution in [3.05, 3.63) is 192 Å². The van der Waals surface area contributed by atoms with Crippen molar-refractivity contribution in [2.75, 3.05) is 0 Å². The molecule has 3 heterocycles. The van der Waals surface area contributed by atoms with Crippen molar-refractivity contribution in [1.29, 1.82) is 0 Å². The highest BCUT2D eigenvalue weighted by atomic mass is 16.1. The zero-order chi connectivity index (χ0) is 33.2. The predicted molar refractivity (Wildman–Crippen MR) is 196 cm³/mol. The number of H-pyrrole nitrogens is 1. The fraction of sp³-hybridized carbons (Fsp3) is 0.0930. The van der Waals surface area contributed by atoms with Gasteiger partial charge in [0.2, 0.25) is 0 Å². The van der Waals surface area contributed by atoms with Crippen LogP contribution in [0, 0.1) is 0 Å². The van der Waals surface area contributed by atoms with Gasteiger partial charge in [-0.3, -0.25) is 19.6 Å². The Hall–Kier alpha value is -6.27. The maximum absolute atomic E-state index is 13.5. The third-order valence-corrected chi connectivity index (χ3v) is 9.53. The zero-order valence-corrected chi connectivity index (χ0v) is 27.1. The predicted octanol–water partition coefficient (Wildman–Crippen LogP) is 9.11. The molecule has 0 aliphatic rings. The van der Waals surface area contributed by atoms with Crippen LogP contribution >= 0.6 is 0 Å². The lowest BCUT2D eigenvalue weighted by Gasteiger charge is -2.36. The van der Waals surface area contributed by atoms with E-state index in [0.717, 1.165) is 38.6 Å². The van der Waals surface area contributed by atoms with Gasteiger partial charge in [0.1, 0.15) is 5.69 Å². The van der Waals surface area contributed by atoms with E-state index in [1.165, 1.54) is 16.7 Å². The summed E-state index contributed by atoms with van der Waals surface area (Å²) in [6.45, 7) is 2.57. The summed E-state index contributed by atoms with van der Waals surface area (Å²) in [7, 11) is 0. The van der Waals surface area contributed by atoms with Crippen LogP contribution in [-0.4, -0.2) is 25.7 Å². The quantitative estimate of drug-likeness (QED) is 0.155. The highest BCUT2D eigenvalue weighted by Gasteiger charge is 2.37. The van der Waals surface area contributed by atoms with Gasteiger partial charge in [-0.05, 0) is 59.5 Å². The number of amides is 1. The third-order valence-electron chi connectivity index (χ3n) is 9.53. The summed E-state index contributed by atoms with van der Waals surface area (Å²) in [6.07, 6.45) is 3.63. The maximum Gasteiger partial charge on any atom is 0.270 e. The number of nitrogens with one attached hydrogen (secondary N) is 2. The van der Waals surface area contributed by atoms with Crippen LogP contribution in [0.25, 0.3) is 33.1 Å². The molecule has 0 bridgehead atoms. The van der Waals surface area contributed by atoms with E-state index in [9.17, 15) is 4.79 Å². The van der Waals surface area contributed by atoms with Gasteiger partial charge >= 0.3 is 0 Å². The molecule has 0 saturated heterocycles. The molecule has 2 N–H and O–H groups in total. The van der Waals surface area contributed by atoms with E-state index >= 15 is 0 Å². The molecule has 6 heteroatoms. The molecule has 0 unspecified atom stereocenters. The average Bonchev–Trinajstić information content (AvgIpc) is 3.75. The number of pyridine rings is 1. The number of hydrogen-bond acceptors (Lipinski definition) is 3. The smallest absolute Gasteiger partial charge is 0.270 e. The fourth-order valence-electron chi connectivity index (χ4n) is 7.05. The van der Waals surface area contributed by atoms with E-state index in [2.05, 4.69) is 123 Å². The molecule has 49 heavy (non-hydrogen) atoms. The van der Waals surface area contributed by atoms with E-state index < -0.39 is 5.41 Å². The van der Waals surface area contributed by atoms with Gasteiger partial charge in [0, 0.05) is 28.7 Å². The van der Waals surface area contributed by atoms with Crippen LogP contribution in [0.1, 0.15) is 45.7 Å². The Balaban J connectivity index is 1.30. The summed E-state index contributed by atoms with van der Waals surface area (Å²) >= 11 is 0. The largest absolute Gasteiger partial charge is 0.344 e. The number of fused-ring (bicyclic) bond motifs is 2. The van der Waals surface area contributed by atoms with Crippen LogP contribution in [-0.2, 0) is 12.0 Å². The topological polar surface area (TPSA) is 75.6 Å². The second kappa shape index (κ2) is 12.7. The minimum absolute atomic E-state index is 0.146. The SMILES string of the molecule is C[C@@H](NC(=O)c1cc2cc3c(-c4ccncc4)[nH]n(CC(c4ccccc4)(c4ccccc4)c4ccccc4)c3cc2n1)c1ccccc1. The van der Waals surface area contributed by atoms with Crippen LogP contribution in [0.3, 0.4) is 0 Å². The van der Waals surface area contributed by atoms with Crippen LogP contribution in [0.5, 0.6) is 0 Å². The molecule has 0 spiro atoms. The van der Waals surface area contributed by atoms with Crippen LogP contribution < -0.4 is 5.32 Å². The van der Waals surface area contributed by atoms with E-state index in [1.54, 1.807) is 0 Å². The molecule has 0 saturated carbocycles. The third kappa shape index (κ3) is 5.57. The van der Waals surface area contributed by atoms with Gasteiger partial charge < -0.3 is 5.32 Å².